The summed E-state index contributed by atoms with van der Waals surface area (Å²) < 4.78 is 0. The van der Waals surface area contributed by atoms with Crippen LogP contribution in [0.15, 0.2) is 12.7 Å². The number of amides is 1. The first-order chi connectivity index (χ1) is 9.81. The van der Waals surface area contributed by atoms with Gasteiger partial charge in [0.2, 0.25) is 5.91 Å². The highest BCUT2D eigenvalue weighted by atomic mass is 16.2. The van der Waals surface area contributed by atoms with Crippen LogP contribution in [-0.2, 0) is 4.79 Å². The van der Waals surface area contributed by atoms with Crippen LogP contribution in [0.1, 0.15) is 64.2 Å². The lowest BCUT2D eigenvalue weighted by atomic mass is 10.1. The molecule has 20 heavy (non-hydrogen) atoms. The molecule has 0 fully saturated rings. The molecule has 1 amide bonds. The second-order valence-corrected chi connectivity index (χ2v) is 5.16. The van der Waals surface area contributed by atoms with Crippen LogP contribution in [-0.4, -0.2) is 30.8 Å². The highest BCUT2D eigenvalue weighted by Gasteiger charge is 1.98. The minimum Gasteiger partial charge on any atom is -0.396 e. The molecule has 0 saturated carbocycles. The van der Waals surface area contributed by atoms with E-state index in [1.807, 2.05) is 6.08 Å². The zero-order valence-corrected chi connectivity index (χ0v) is 12.8. The molecule has 0 heterocycles. The Hall–Kier alpha value is -0.870. The van der Waals surface area contributed by atoms with Crippen molar-refractivity contribution >= 4 is 5.91 Å². The third kappa shape index (κ3) is 15.2. The molecule has 0 radical (unpaired) electrons. The Morgan fingerprint density at radius 2 is 1.65 bits per heavy atom. The standard InChI is InChI=1S/C16H32N2O2/c1-2-3-9-12-16(20)18-15-17-13-10-7-5-4-6-8-11-14-19/h2,17,19H,1,3-15H2,(H,18,20). The Balaban J connectivity index is 3.08. The summed E-state index contributed by atoms with van der Waals surface area (Å²) in [7, 11) is 0. The maximum atomic E-state index is 11.4. The van der Waals surface area contributed by atoms with Gasteiger partial charge in [-0.3, -0.25) is 10.1 Å². The maximum absolute atomic E-state index is 11.4. The van der Waals surface area contributed by atoms with Crippen LogP contribution in [0.5, 0.6) is 0 Å². The molecule has 0 rings (SSSR count). The number of allylic oxidation sites excluding steroid dienone is 1. The summed E-state index contributed by atoms with van der Waals surface area (Å²) in [4.78, 5) is 11.4. The van der Waals surface area contributed by atoms with Crippen molar-refractivity contribution in [3.05, 3.63) is 12.7 Å². The Labute approximate surface area is 124 Å². The summed E-state index contributed by atoms with van der Waals surface area (Å²) in [5.41, 5.74) is 0. The van der Waals surface area contributed by atoms with E-state index in [0.29, 0.717) is 19.7 Å². The summed E-state index contributed by atoms with van der Waals surface area (Å²) in [6.07, 6.45) is 12.4. The first-order valence-electron chi connectivity index (χ1n) is 8.00. The van der Waals surface area contributed by atoms with Crippen molar-refractivity contribution in [2.24, 2.45) is 0 Å². The average molecular weight is 284 g/mol. The molecule has 0 aliphatic carbocycles. The van der Waals surface area contributed by atoms with Crippen molar-refractivity contribution in [3.63, 3.8) is 0 Å². The lowest BCUT2D eigenvalue weighted by Crippen LogP contribution is -2.34. The van der Waals surface area contributed by atoms with Gasteiger partial charge >= 0.3 is 0 Å². The number of aliphatic hydroxyl groups is 1. The van der Waals surface area contributed by atoms with E-state index in [4.69, 9.17) is 5.11 Å². The summed E-state index contributed by atoms with van der Waals surface area (Å²) >= 11 is 0. The van der Waals surface area contributed by atoms with E-state index in [2.05, 4.69) is 17.2 Å². The molecule has 4 heteroatoms. The summed E-state index contributed by atoms with van der Waals surface area (Å²) in [6.45, 7) is 5.49. The Morgan fingerprint density at radius 1 is 1.00 bits per heavy atom. The molecule has 118 valence electrons. The van der Waals surface area contributed by atoms with Gasteiger partial charge in [-0.05, 0) is 32.2 Å². The monoisotopic (exact) mass is 284 g/mol. The lowest BCUT2D eigenvalue weighted by Gasteiger charge is -2.07. The van der Waals surface area contributed by atoms with E-state index in [1.165, 1.54) is 25.7 Å². The predicted molar refractivity (Wildman–Crippen MR) is 84.5 cm³/mol. The van der Waals surface area contributed by atoms with Gasteiger partial charge in [0.15, 0.2) is 0 Å². The number of hydrogen-bond donors (Lipinski definition) is 3. The molecule has 0 atom stereocenters. The average Bonchev–Trinajstić information content (AvgIpc) is 2.45. The van der Waals surface area contributed by atoms with Crippen molar-refractivity contribution in [2.75, 3.05) is 19.8 Å². The smallest absolute Gasteiger partial charge is 0.220 e. The second kappa shape index (κ2) is 16.2. The minimum atomic E-state index is 0.114. The van der Waals surface area contributed by atoms with Crippen LogP contribution >= 0.6 is 0 Å². The number of carbonyl (C=O) groups excluding carboxylic acids is 1. The normalized spacial score (nSPS) is 10.4. The molecule has 0 saturated heterocycles. The number of nitrogens with one attached hydrogen (secondary N) is 2. The molecular formula is C16H32N2O2. The molecule has 4 nitrogen and oxygen atoms in total. The fourth-order valence-corrected chi connectivity index (χ4v) is 1.99. The van der Waals surface area contributed by atoms with E-state index < -0.39 is 0 Å². The van der Waals surface area contributed by atoms with Crippen LogP contribution in [0, 0.1) is 0 Å². The highest BCUT2D eigenvalue weighted by molar-refractivity contribution is 5.75. The van der Waals surface area contributed by atoms with Gasteiger partial charge < -0.3 is 10.4 Å². The largest absolute Gasteiger partial charge is 0.396 e. The molecule has 0 aliphatic rings. The number of hydrogen-bond acceptors (Lipinski definition) is 3. The third-order valence-corrected chi connectivity index (χ3v) is 3.23. The van der Waals surface area contributed by atoms with E-state index in [0.717, 1.165) is 38.6 Å². The zero-order chi connectivity index (χ0) is 14.9. The first-order valence-corrected chi connectivity index (χ1v) is 8.00. The third-order valence-electron chi connectivity index (χ3n) is 3.23. The van der Waals surface area contributed by atoms with Crippen molar-refractivity contribution in [1.29, 1.82) is 0 Å². The molecule has 0 spiro atoms. The topological polar surface area (TPSA) is 61.4 Å². The Morgan fingerprint density at radius 3 is 2.30 bits per heavy atom. The van der Waals surface area contributed by atoms with Crippen molar-refractivity contribution in [1.82, 2.24) is 10.6 Å². The number of rotatable bonds is 15. The van der Waals surface area contributed by atoms with Crippen molar-refractivity contribution < 1.29 is 9.90 Å². The fraction of sp³-hybridized carbons (Fsp3) is 0.812. The molecule has 0 aromatic heterocycles. The van der Waals surface area contributed by atoms with Crippen LogP contribution < -0.4 is 10.6 Å². The summed E-state index contributed by atoms with van der Waals surface area (Å²) in [5.74, 6) is 0.114. The molecule has 0 unspecified atom stereocenters. The van der Waals surface area contributed by atoms with Gasteiger partial charge in [0.25, 0.3) is 0 Å². The highest BCUT2D eigenvalue weighted by Crippen LogP contribution is 2.06. The van der Waals surface area contributed by atoms with E-state index >= 15 is 0 Å². The zero-order valence-electron chi connectivity index (χ0n) is 12.8. The molecule has 0 bridgehead atoms. The number of carbonyl (C=O) groups is 1. The SMILES string of the molecule is C=CCCCC(=O)NCNCCCCCCCCCO. The lowest BCUT2D eigenvalue weighted by molar-refractivity contribution is -0.121. The van der Waals surface area contributed by atoms with Crippen molar-refractivity contribution in [2.45, 2.75) is 64.2 Å². The predicted octanol–water partition coefficient (Wildman–Crippen LogP) is 2.73. The van der Waals surface area contributed by atoms with Crippen molar-refractivity contribution in [3.8, 4) is 0 Å². The van der Waals surface area contributed by atoms with Gasteiger partial charge in [-0.2, -0.15) is 0 Å². The van der Waals surface area contributed by atoms with Gasteiger partial charge in [0.05, 0.1) is 6.67 Å². The molecule has 3 N–H and O–H groups in total. The minimum absolute atomic E-state index is 0.114. The van der Waals surface area contributed by atoms with E-state index in [-0.39, 0.29) is 5.91 Å². The van der Waals surface area contributed by atoms with Crippen LogP contribution in [0.25, 0.3) is 0 Å². The Kier molecular flexibility index (Phi) is 15.5. The van der Waals surface area contributed by atoms with Gasteiger partial charge in [-0.15, -0.1) is 6.58 Å². The molecular weight excluding hydrogens is 252 g/mol. The fourth-order valence-electron chi connectivity index (χ4n) is 1.99. The second-order valence-electron chi connectivity index (χ2n) is 5.16. The van der Waals surface area contributed by atoms with Gasteiger partial charge in [-0.25, -0.2) is 0 Å². The first kappa shape index (κ1) is 19.1. The van der Waals surface area contributed by atoms with Gasteiger partial charge in [0.1, 0.15) is 0 Å². The van der Waals surface area contributed by atoms with Crippen LogP contribution in [0.3, 0.4) is 0 Å². The van der Waals surface area contributed by atoms with Crippen LogP contribution in [0.4, 0.5) is 0 Å². The number of aliphatic hydroxyl groups excluding tert-OH is 1. The quantitative estimate of drug-likeness (QED) is 0.246. The van der Waals surface area contributed by atoms with E-state index in [9.17, 15) is 4.79 Å². The maximum Gasteiger partial charge on any atom is 0.220 e. The molecule has 0 aliphatic heterocycles. The summed E-state index contributed by atoms with van der Waals surface area (Å²) in [6, 6.07) is 0. The van der Waals surface area contributed by atoms with E-state index in [1.54, 1.807) is 0 Å². The van der Waals surface area contributed by atoms with Gasteiger partial charge in [0, 0.05) is 13.0 Å². The Bertz CT molecular complexity index is 233. The molecule has 0 aromatic rings. The van der Waals surface area contributed by atoms with Gasteiger partial charge in [-0.1, -0.05) is 38.2 Å². The molecule has 0 aromatic carbocycles. The number of unbranched alkanes of at least 4 members (excludes halogenated alkanes) is 7. The summed E-state index contributed by atoms with van der Waals surface area (Å²) in [5, 5.41) is 14.7. The van der Waals surface area contributed by atoms with Crippen LogP contribution in [0.2, 0.25) is 0 Å².